The number of aliphatic imine (C=N–C) groups is 4. The number of nitrogens with one attached hydrogen (secondary N) is 1. The van der Waals surface area contributed by atoms with Gasteiger partial charge in [-0.2, -0.15) is 0 Å². The van der Waals surface area contributed by atoms with Gasteiger partial charge < -0.3 is 5.32 Å². The Morgan fingerprint density at radius 1 is 0.582 bits per heavy atom. The highest BCUT2D eigenvalue weighted by molar-refractivity contribution is 6.13. The molecule has 0 spiro atoms. The highest BCUT2D eigenvalue weighted by atomic mass is 15.2. The van der Waals surface area contributed by atoms with Gasteiger partial charge in [0.1, 0.15) is 12.0 Å². The summed E-state index contributed by atoms with van der Waals surface area (Å²) in [5.41, 5.74) is 10.3. The SMILES string of the molecule is C=C(/N=C(\N=C(/C)c1ccccc1)c1ccc(C2(c3ccc(C4N=C(c5ccccc5)N=C(c5ccccc5)N4)cc3)CCCCC2)cc1)c1ccccc1. The molecule has 8 rings (SSSR count). The van der Waals surface area contributed by atoms with E-state index in [4.69, 9.17) is 20.0 Å². The third-order valence-corrected chi connectivity index (χ3v) is 10.8. The summed E-state index contributed by atoms with van der Waals surface area (Å²) >= 11 is 0. The van der Waals surface area contributed by atoms with Gasteiger partial charge in [0.2, 0.25) is 0 Å². The molecular formula is C50H45N5. The predicted molar refractivity (Wildman–Crippen MR) is 229 cm³/mol. The lowest BCUT2D eigenvalue weighted by Gasteiger charge is -2.39. The van der Waals surface area contributed by atoms with Crippen LogP contribution >= 0.6 is 0 Å². The number of benzene rings is 6. The lowest BCUT2D eigenvalue weighted by Crippen LogP contribution is -2.34. The zero-order valence-electron chi connectivity index (χ0n) is 31.3. The standard InChI is InChI=1S/C50H45N5/c1-36(38-18-8-3-9-19-38)51-46(52-37(2)39-20-10-4-11-21-39)42-26-30-44(31-27-42)50(34-16-7-17-35-50)45-32-28-43(29-33-45)49-54-47(40-22-12-5-13-23-40)53-48(55-49)41-24-14-6-15-25-41/h3-6,8-15,18-33,49H,1,7,16-17,34-35H2,2H3,(H,53,54,55)/b51-46-,52-37+. The quantitative estimate of drug-likeness (QED) is 0.118. The van der Waals surface area contributed by atoms with E-state index in [0.717, 1.165) is 63.6 Å². The number of amidine groups is 3. The molecule has 0 amide bonds. The first-order valence-electron chi connectivity index (χ1n) is 19.2. The van der Waals surface area contributed by atoms with E-state index >= 15 is 0 Å². The molecule has 1 aliphatic heterocycles. The smallest absolute Gasteiger partial charge is 0.160 e. The van der Waals surface area contributed by atoms with Gasteiger partial charge in [-0.25, -0.2) is 20.0 Å². The second kappa shape index (κ2) is 16.3. The summed E-state index contributed by atoms with van der Waals surface area (Å²) < 4.78 is 0. The average molecular weight is 716 g/mol. The first-order valence-corrected chi connectivity index (χ1v) is 19.2. The third kappa shape index (κ3) is 7.92. The van der Waals surface area contributed by atoms with Crippen LogP contribution in [0.3, 0.4) is 0 Å². The van der Waals surface area contributed by atoms with E-state index in [1.54, 1.807) is 0 Å². The molecule has 5 nitrogen and oxygen atoms in total. The van der Waals surface area contributed by atoms with E-state index in [-0.39, 0.29) is 11.6 Å². The Kier molecular flexibility index (Phi) is 10.5. The number of rotatable bonds is 9. The summed E-state index contributed by atoms with van der Waals surface area (Å²) in [4.78, 5) is 20.2. The Balaban J connectivity index is 1.12. The summed E-state index contributed by atoms with van der Waals surface area (Å²) in [5.74, 6) is 2.21. The minimum atomic E-state index is -0.262. The lowest BCUT2D eigenvalue weighted by molar-refractivity contribution is 0.346. The minimum absolute atomic E-state index is 0.0847. The Bertz CT molecular complexity index is 2350. The van der Waals surface area contributed by atoms with Crippen LogP contribution in [-0.2, 0) is 5.41 Å². The van der Waals surface area contributed by atoms with Crippen LogP contribution in [-0.4, -0.2) is 23.2 Å². The minimum Gasteiger partial charge on any atom is -0.344 e. The predicted octanol–water partition coefficient (Wildman–Crippen LogP) is 11.4. The number of nitrogens with zero attached hydrogens (tertiary/aromatic N) is 4. The van der Waals surface area contributed by atoms with Crippen molar-refractivity contribution in [1.29, 1.82) is 0 Å². The zero-order chi connectivity index (χ0) is 37.5. The fourth-order valence-electron chi connectivity index (χ4n) is 7.78. The molecule has 1 heterocycles. The summed E-state index contributed by atoms with van der Waals surface area (Å²) in [6.45, 7) is 6.35. The summed E-state index contributed by atoms with van der Waals surface area (Å²) in [7, 11) is 0. The molecule has 1 aliphatic carbocycles. The molecule has 0 saturated heterocycles. The van der Waals surface area contributed by atoms with Gasteiger partial charge in [0.25, 0.3) is 0 Å². The highest BCUT2D eigenvalue weighted by Gasteiger charge is 2.36. The molecule has 2 aliphatic rings. The van der Waals surface area contributed by atoms with Crippen molar-refractivity contribution in [3.8, 4) is 0 Å². The molecule has 1 N–H and O–H groups in total. The van der Waals surface area contributed by atoms with Crippen LogP contribution in [0.2, 0.25) is 0 Å². The first kappa shape index (κ1) is 35.6. The van der Waals surface area contributed by atoms with Crippen LogP contribution in [0.4, 0.5) is 0 Å². The van der Waals surface area contributed by atoms with E-state index in [9.17, 15) is 0 Å². The number of hydrogen-bond acceptors (Lipinski definition) is 4. The van der Waals surface area contributed by atoms with Crippen molar-refractivity contribution in [2.45, 2.75) is 50.6 Å². The normalized spacial score (nSPS) is 17.1. The topological polar surface area (TPSA) is 61.5 Å². The molecule has 6 aromatic carbocycles. The van der Waals surface area contributed by atoms with Gasteiger partial charge in [-0.1, -0.05) is 196 Å². The van der Waals surface area contributed by atoms with Gasteiger partial charge in [-0.05, 0) is 47.6 Å². The Morgan fingerprint density at radius 2 is 1.11 bits per heavy atom. The molecule has 5 heteroatoms. The van der Waals surface area contributed by atoms with Crippen molar-refractivity contribution in [2.24, 2.45) is 20.0 Å². The molecule has 0 radical (unpaired) electrons. The van der Waals surface area contributed by atoms with Crippen LogP contribution in [0.25, 0.3) is 5.70 Å². The molecule has 270 valence electrons. The second-order valence-electron chi connectivity index (χ2n) is 14.3. The third-order valence-electron chi connectivity index (χ3n) is 10.8. The van der Waals surface area contributed by atoms with Gasteiger partial charge in [0.15, 0.2) is 11.7 Å². The van der Waals surface area contributed by atoms with Crippen LogP contribution in [0.5, 0.6) is 0 Å². The Morgan fingerprint density at radius 3 is 1.71 bits per heavy atom. The summed E-state index contributed by atoms with van der Waals surface area (Å²) in [6.07, 6.45) is 5.59. The maximum Gasteiger partial charge on any atom is 0.160 e. The summed E-state index contributed by atoms with van der Waals surface area (Å²) in [5, 5.41) is 3.62. The molecule has 1 atom stereocenters. The van der Waals surface area contributed by atoms with E-state index in [1.165, 1.54) is 30.4 Å². The van der Waals surface area contributed by atoms with Crippen molar-refractivity contribution < 1.29 is 0 Å². The van der Waals surface area contributed by atoms with E-state index in [1.807, 2.05) is 91.9 Å². The highest BCUT2D eigenvalue weighted by Crippen LogP contribution is 2.45. The largest absolute Gasteiger partial charge is 0.344 e. The van der Waals surface area contributed by atoms with Crippen LogP contribution in [0, 0.1) is 0 Å². The molecular weight excluding hydrogens is 671 g/mol. The zero-order valence-corrected chi connectivity index (χ0v) is 31.3. The maximum absolute atomic E-state index is 5.11. The van der Waals surface area contributed by atoms with E-state index in [0.29, 0.717) is 11.5 Å². The van der Waals surface area contributed by atoms with Crippen molar-refractivity contribution in [1.82, 2.24) is 5.32 Å². The van der Waals surface area contributed by atoms with Crippen molar-refractivity contribution >= 4 is 28.9 Å². The first-order chi connectivity index (χ1) is 27.1. The fourth-order valence-corrected chi connectivity index (χ4v) is 7.78. The summed E-state index contributed by atoms with van der Waals surface area (Å²) in [6, 6.07) is 59.0. The molecule has 0 bridgehead atoms. The van der Waals surface area contributed by atoms with Crippen LogP contribution < -0.4 is 5.32 Å². The van der Waals surface area contributed by atoms with Crippen LogP contribution in [0.15, 0.2) is 196 Å². The monoisotopic (exact) mass is 715 g/mol. The van der Waals surface area contributed by atoms with Crippen molar-refractivity contribution in [2.75, 3.05) is 0 Å². The Labute approximate surface area is 324 Å². The van der Waals surface area contributed by atoms with Gasteiger partial charge in [-0.3, -0.25) is 0 Å². The van der Waals surface area contributed by atoms with E-state index in [2.05, 4.69) is 96.8 Å². The molecule has 1 unspecified atom stereocenters. The Hall–Kier alpha value is -6.46. The van der Waals surface area contributed by atoms with E-state index < -0.39 is 0 Å². The average Bonchev–Trinajstić information content (AvgIpc) is 3.27. The molecule has 0 aromatic heterocycles. The van der Waals surface area contributed by atoms with Crippen molar-refractivity contribution in [3.05, 3.63) is 221 Å². The second-order valence-corrected chi connectivity index (χ2v) is 14.3. The van der Waals surface area contributed by atoms with Crippen LogP contribution in [0.1, 0.15) is 89.7 Å². The molecule has 1 saturated carbocycles. The maximum atomic E-state index is 5.11. The lowest BCUT2D eigenvalue weighted by atomic mass is 9.65. The van der Waals surface area contributed by atoms with Gasteiger partial charge in [-0.15, -0.1) is 0 Å². The molecule has 55 heavy (non-hydrogen) atoms. The van der Waals surface area contributed by atoms with Gasteiger partial charge >= 0.3 is 0 Å². The number of hydrogen-bond donors (Lipinski definition) is 1. The van der Waals surface area contributed by atoms with Gasteiger partial charge in [0, 0.05) is 27.8 Å². The van der Waals surface area contributed by atoms with Gasteiger partial charge in [0.05, 0.1) is 5.70 Å². The van der Waals surface area contributed by atoms with Crippen molar-refractivity contribution in [3.63, 3.8) is 0 Å². The molecule has 6 aromatic rings. The molecule has 1 fully saturated rings. The fraction of sp³-hybridized carbons (Fsp3) is 0.160.